The van der Waals surface area contributed by atoms with E-state index in [-0.39, 0.29) is 23.7 Å². The minimum atomic E-state index is -0.873. The topological polar surface area (TPSA) is 75.7 Å². The Morgan fingerprint density at radius 3 is 2.32 bits per heavy atom. The molecule has 1 N–H and O–H groups in total. The summed E-state index contributed by atoms with van der Waals surface area (Å²) in [4.78, 5) is 39.0. The Balaban J connectivity index is 1.86. The van der Waals surface area contributed by atoms with Crippen molar-refractivity contribution in [2.24, 2.45) is 11.3 Å². The lowest BCUT2D eigenvalue weighted by molar-refractivity contribution is -0.160. The van der Waals surface area contributed by atoms with Crippen molar-refractivity contribution in [2.45, 2.75) is 60.5 Å². The second kappa shape index (κ2) is 8.76. The number of piperidine rings is 1. The smallest absolute Gasteiger partial charge is 0.309 e. The highest BCUT2D eigenvalue weighted by molar-refractivity contribution is 5.95. The van der Waals surface area contributed by atoms with E-state index < -0.39 is 11.5 Å². The third kappa shape index (κ3) is 5.57. The number of aryl methyl sites for hydroxylation is 2. The maximum Gasteiger partial charge on any atom is 0.309 e. The molecule has 2 amide bonds. The van der Waals surface area contributed by atoms with Gasteiger partial charge in [-0.05, 0) is 50.8 Å². The highest BCUT2D eigenvalue weighted by atomic mass is 16.5. The van der Waals surface area contributed by atoms with Crippen molar-refractivity contribution in [1.29, 1.82) is 0 Å². The molecule has 0 aliphatic carbocycles. The molecule has 1 aliphatic heterocycles. The molecule has 0 bridgehead atoms. The first-order valence-corrected chi connectivity index (χ1v) is 9.87. The first-order valence-electron chi connectivity index (χ1n) is 9.87. The zero-order chi connectivity index (χ0) is 21.1. The molecule has 1 fully saturated rings. The van der Waals surface area contributed by atoms with E-state index in [1.54, 1.807) is 11.8 Å². The Hall–Kier alpha value is -2.37. The molecule has 1 aromatic carbocycles. The Morgan fingerprint density at radius 2 is 1.75 bits per heavy atom. The number of carbonyl (C=O) groups excluding carboxylic acids is 3. The average molecular weight is 389 g/mol. The number of esters is 1. The maximum atomic E-state index is 12.5. The van der Waals surface area contributed by atoms with Crippen molar-refractivity contribution in [3.63, 3.8) is 0 Å². The summed E-state index contributed by atoms with van der Waals surface area (Å²) in [6.45, 7) is 12.2. The Bertz CT molecular complexity index is 743. The first kappa shape index (κ1) is 21.9. The number of ether oxygens (including phenoxy) is 1. The van der Waals surface area contributed by atoms with Crippen LogP contribution in [0.2, 0.25) is 0 Å². The van der Waals surface area contributed by atoms with Crippen molar-refractivity contribution in [1.82, 2.24) is 4.90 Å². The molecule has 0 radical (unpaired) electrons. The van der Waals surface area contributed by atoms with E-state index in [0.29, 0.717) is 25.9 Å². The summed E-state index contributed by atoms with van der Waals surface area (Å²) in [5.41, 5.74) is 2.30. The molecule has 0 saturated carbocycles. The minimum absolute atomic E-state index is 0.0978. The van der Waals surface area contributed by atoms with Gasteiger partial charge in [0.1, 0.15) is 0 Å². The summed E-state index contributed by atoms with van der Waals surface area (Å²) in [6.07, 6.45) is 0.250. The number of nitrogens with zero attached hydrogens (tertiary/aromatic N) is 1. The number of nitrogens with one attached hydrogen (secondary N) is 1. The van der Waals surface area contributed by atoms with Gasteiger partial charge in [-0.25, -0.2) is 0 Å². The number of amides is 2. The molecule has 28 heavy (non-hydrogen) atoms. The lowest BCUT2D eigenvalue weighted by atomic mass is 9.91. The fraction of sp³-hybridized carbons (Fsp3) is 0.591. The highest BCUT2D eigenvalue weighted by Gasteiger charge is 2.34. The van der Waals surface area contributed by atoms with Gasteiger partial charge in [-0.1, -0.05) is 32.9 Å². The summed E-state index contributed by atoms with van der Waals surface area (Å²) in [5.74, 6) is -0.894. The molecule has 1 heterocycles. The third-order valence-corrected chi connectivity index (χ3v) is 5.07. The summed E-state index contributed by atoms with van der Waals surface area (Å²) >= 11 is 0. The number of carbonyl (C=O) groups is 3. The number of likely N-dealkylation sites (tertiary alicyclic amines) is 1. The molecule has 6 heteroatoms. The molecule has 1 saturated heterocycles. The van der Waals surface area contributed by atoms with Gasteiger partial charge in [-0.3, -0.25) is 14.4 Å². The van der Waals surface area contributed by atoms with Crippen molar-refractivity contribution in [2.75, 3.05) is 18.4 Å². The van der Waals surface area contributed by atoms with Crippen LogP contribution in [-0.2, 0) is 19.1 Å². The molecule has 2 rings (SSSR count). The summed E-state index contributed by atoms with van der Waals surface area (Å²) < 4.78 is 5.40. The van der Waals surface area contributed by atoms with Gasteiger partial charge in [0.25, 0.3) is 5.91 Å². The molecule has 1 atom stereocenters. The van der Waals surface area contributed by atoms with Crippen LogP contribution < -0.4 is 5.32 Å². The number of anilines is 1. The average Bonchev–Trinajstić information content (AvgIpc) is 2.63. The quantitative estimate of drug-likeness (QED) is 0.802. The van der Waals surface area contributed by atoms with Crippen molar-refractivity contribution in [3.05, 3.63) is 29.3 Å². The van der Waals surface area contributed by atoms with Gasteiger partial charge in [0.2, 0.25) is 5.91 Å². The van der Waals surface area contributed by atoms with E-state index in [2.05, 4.69) is 5.32 Å². The van der Waals surface area contributed by atoms with Crippen LogP contribution in [-0.4, -0.2) is 41.9 Å². The third-order valence-electron chi connectivity index (χ3n) is 5.07. The van der Waals surface area contributed by atoms with Crippen LogP contribution in [0.25, 0.3) is 0 Å². The van der Waals surface area contributed by atoms with Gasteiger partial charge in [-0.2, -0.15) is 0 Å². The van der Waals surface area contributed by atoms with E-state index >= 15 is 0 Å². The number of rotatable bonds is 4. The van der Waals surface area contributed by atoms with Gasteiger partial charge in [0, 0.05) is 24.2 Å². The van der Waals surface area contributed by atoms with Crippen molar-refractivity contribution < 1.29 is 19.1 Å². The van der Waals surface area contributed by atoms with Gasteiger partial charge in [0.05, 0.1) is 5.92 Å². The molecule has 0 aromatic heterocycles. The maximum absolute atomic E-state index is 12.5. The molecular weight excluding hydrogens is 356 g/mol. The lowest BCUT2D eigenvalue weighted by Crippen LogP contribution is -2.45. The molecule has 0 unspecified atom stereocenters. The van der Waals surface area contributed by atoms with Crippen LogP contribution >= 0.6 is 0 Å². The second-order valence-electron chi connectivity index (χ2n) is 8.70. The Labute approximate surface area is 167 Å². The molecule has 6 nitrogen and oxygen atoms in total. The first-order chi connectivity index (χ1) is 13.0. The van der Waals surface area contributed by atoms with Gasteiger partial charge >= 0.3 is 5.97 Å². The SMILES string of the molecule is Cc1ccc(C)c(NC(=O)[C@@H](C)OC(=O)C2CCN(C(=O)C(C)(C)C)CC2)c1. The normalized spacial score (nSPS) is 16.4. The van der Waals surface area contributed by atoms with Crippen LogP contribution in [0.1, 0.15) is 51.7 Å². The summed E-state index contributed by atoms with van der Waals surface area (Å²) in [5, 5.41) is 2.83. The predicted molar refractivity (Wildman–Crippen MR) is 109 cm³/mol. The van der Waals surface area contributed by atoms with E-state index in [0.717, 1.165) is 16.8 Å². The summed E-state index contributed by atoms with van der Waals surface area (Å²) in [6, 6.07) is 5.81. The largest absolute Gasteiger partial charge is 0.452 e. The monoisotopic (exact) mass is 388 g/mol. The van der Waals surface area contributed by atoms with Crippen LogP contribution in [0, 0.1) is 25.2 Å². The van der Waals surface area contributed by atoms with Crippen LogP contribution in [0.3, 0.4) is 0 Å². The molecule has 154 valence electrons. The van der Waals surface area contributed by atoms with Crippen LogP contribution in [0.5, 0.6) is 0 Å². The number of benzene rings is 1. The van der Waals surface area contributed by atoms with Crippen LogP contribution in [0.15, 0.2) is 18.2 Å². The number of hydrogen-bond donors (Lipinski definition) is 1. The van der Waals surface area contributed by atoms with Crippen molar-refractivity contribution in [3.8, 4) is 0 Å². The van der Waals surface area contributed by atoms with E-state index in [1.807, 2.05) is 52.8 Å². The van der Waals surface area contributed by atoms with E-state index in [4.69, 9.17) is 4.74 Å². The van der Waals surface area contributed by atoms with Gasteiger partial charge in [-0.15, -0.1) is 0 Å². The van der Waals surface area contributed by atoms with Crippen LogP contribution in [0.4, 0.5) is 5.69 Å². The molecular formula is C22H32N2O4. The molecule has 1 aromatic rings. The molecule has 0 spiro atoms. The van der Waals surface area contributed by atoms with Gasteiger partial charge < -0.3 is 15.0 Å². The van der Waals surface area contributed by atoms with E-state index in [9.17, 15) is 14.4 Å². The lowest BCUT2D eigenvalue weighted by Gasteiger charge is -2.35. The predicted octanol–water partition coefficient (Wildman–Crippen LogP) is 3.46. The summed E-state index contributed by atoms with van der Waals surface area (Å²) in [7, 11) is 0. The fourth-order valence-corrected chi connectivity index (χ4v) is 3.22. The highest BCUT2D eigenvalue weighted by Crippen LogP contribution is 2.25. The Kier molecular flexibility index (Phi) is 6.86. The van der Waals surface area contributed by atoms with Crippen molar-refractivity contribution >= 4 is 23.5 Å². The van der Waals surface area contributed by atoms with E-state index in [1.165, 1.54) is 0 Å². The zero-order valence-corrected chi connectivity index (χ0v) is 17.8. The standard InChI is InChI=1S/C22H32N2O4/c1-14-7-8-15(2)18(13-14)23-19(25)16(3)28-20(26)17-9-11-24(12-10-17)21(27)22(4,5)6/h7-8,13,16-17H,9-12H2,1-6H3,(H,23,25)/t16-/m1/s1. The Morgan fingerprint density at radius 1 is 1.14 bits per heavy atom. The zero-order valence-electron chi connectivity index (χ0n) is 17.8. The van der Waals surface area contributed by atoms with Gasteiger partial charge in [0.15, 0.2) is 6.10 Å². The number of hydrogen-bond acceptors (Lipinski definition) is 4. The molecule has 1 aliphatic rings. The second-order valence-corrected chi connectivity index (χ2v) is 8.70. The fourth-order valence-electron chi connectivity index (χ4n) is 3.22. The minimum Gasteiger partial charge on any atom is -0.452 e.